The minimum Gasteiger partial charge on any atom is -0.325 e. The van der Waals surface area contributed by atoms with Crippen LogP contribution in [0.25, 0.3) is 10.7 Å². The average molecular weight is 433 g/mol. The molecule has 2 heterocycles. The lowest BCUT2D eigenvalue weighted by atomic mass is 10.2. The summed E-state index contributed by atoms with van der Waals surface area (Å²) >= 11 is 2.85. The number of benzene rings is 1. The zero-order valence-electron chi connectivity index (χ0n) is 15.2. The molecule has 4 rings (SSSR count). The zero-order valence-corrected chi connectivity index (χ0v) is 16.9. The number of hydrogen-bond donors (Lipinski definition) is 1. The van der Waals surface area contributed by atoms with E-state index in [9.17, 15) is 19.3 Å². The van der Waals surface area contributed by atoms with Gasteiger partial charge in [0.1, 0.15) is 0 Å². The maximum Gasteiger partial charge on any atom is 0.306 e. The summed E-state index contributed by atoms with van der Waals surface area (Å²) in [5.41, 5.74) is -0.518. The summed E-state index contributed by atoms with van der Waals surface area (Å²) in [4.78, 5) is 23.6. The number of nitrogens with one attached hydrogen (secondary N) is 1. The molecule has 1 aliphatic carbocycles. The number of rotatable bonds is 7. The molecule has 2 aromatic heterocycles. The molecule has 1 aromatic carbocycles. The molecule has 1 unspecified atom stereocenters. The Kier molecular flexibility index (Phi) is 5.33. The van der Waals surface area contributed by atoms with Crippen molar-refractivity contribution in [2.45, 2.75) is 36.2 Å². The number of carbonyl (C=O) groups excluding carboxylic acids is 1. The molecule has 0 radical (unpaired) electrons. The fourth-order valence-corrected chi connectivity index (χ4v) is 4.40. The number of thioether (sulfide) groups is 1. The third-order valence-corrected chi connectivity index (χ3v) is 6.30. The third kappa shape index (κ3) is 4.15. The second-order valence-electron chi connectivity index (χ2n) is 6.56. The molecular weight excluding hydrogens is 417 g/mol. The first-order valence-corrected chi connectivity index (χ1v) is 10.6. The van der Waals surface area contributed by atoms with E-state index in [2.05, 4.69) is 20.1 Å². The van der Waals surface area contributed by atoms with Crippen LogP contribution >= 0.6 is 23.1 Å². The van der Waals surface area contributed by atoms with Gasteiger partial charge >= 0.3 is 5.69 Å². The fourth-order valence-electron chi connectivity index (χ4n) is 2.78. The van der Waals surface area contributed by atoms with Gasteiger partial charge in [-0.2, -0.15) is 4.39 Å². The van der Waals surface area contributed by atoms with Crippen LogP contribution in [0, 0.1) is 15.9 Å². The van der Waals surface area contributed by atoms with Crippen molar-refractivity contribution in [2.75, 3.05) is 5.32 Å². The second-order valence-corrected chi connectivity index (χ2v) is 8.81. The first-order valence-electron chi connectivity index (χ1n) is 8.84. The highest BCUT2D eigenvalue weighted by Crippen LogP contribution is 2.42. The maximum atomic E-state index is 13.5. The lowest BCUT2D eigenvalue weighted by Gasteiger charge is -2.13. The Balaban J connectivity index is 1.50. The highest BCUT2D eigenvalue weighted by Gasteiger charge is 2.32. The van der Waals surface area contributed by atoms with Gasteiger partial charge < -0.3 is 5.32 Å². The first-order chi connectivity index (χ1) is 13.9. The van der Waals surface area contributed by atoms with Crippen LogP contribution in [0.4, 0.5) is 15.8 Å². The van der Waals surface area contributed by atoms with Gasteiger partial charge in [0.25, 0.3) is 0 Å². The lowest BCUT2D eigenvalue weighted by Crippen LogP contribution is -2.23. The van der Waals surface area contributed by atoms with E-state index >= 15 is 0 Å². The molecule has 1 atom stereocenters. The number of aromatic nitrogens is 3. The SMILES string of the molecule is CC(Sc1nnc(-c2cccs2)n1C1CC1)C(=O)Nc1ccc(F)c([N+](=O)[O-])c1. The van der Waals surface area contributed by atoms with Crippen LogP contribution in [0.1, 0.15) is 25.8 Å². The van der Waals surface area contributed by atoms with Crippen molar-refractivity contribution in [2.24, 2.45) is 0 Å². The van der Waals surface area contributed by atoms with E-state index in [1.165, 1.54) is 17.8 Å². The van der Waals surface area contributed by atoms with Crippen LogP contribution in [0.15, 0.2) is 40.9 Å². The maximum absolute atomic E-state index is 13.5. The van der Waals surface area contributed by atoms with Gasteiger partial charge in [0.15, 0.2) is 11.0 Å². The normalized spacial score (nSPS) is 14.6. The minimum absolute atomic E-state index is 0.165. The molecule has 29 heavy (non-hydrogen) atoms. The highest BCUT2D eigenvalue weighted by molar-refractivity contribution is 8.00. The van der Waals surface area contributed by atoms with Crippen molar-refractivity contribution in [3.05, 3.63) is 51.6 Å². The van der Waals surface area contributed by atoms with Crippen LogP contribution in [0.3, 0.4) is 0 Å². The number of hydrogen-bond acceptors (Lipinski definition) is 7. The molecule has 1 fully saturated rings. The summed E-state index contributed by atoms with van der Waals surface area (Å²) in [6.45, 7) is 1.72. The Morgan fingerprint density at radius 1 is 1.41 bits per heavy atom. The van der Waals surface area contributed by atoms with Gasteiger partial charge in [0.2, 0.25) is 11.7 Å². The van der Waals surface area contributed by atoms with Crippen molar-refractivity contribution >= 4 is 40.4 Å². The van der Waals surface area contributed by atoms with Crippen LogP contribution in [-0.4, -0.2) is 30.8 Å². The van der Waals surface area contributed by atoms with Gasteiger partial charge in [0, 0.05) is 17.8 Å². The van der Waals surface area contributed by atoms with Gasteiger partial charge in [-0.15, -0.1) is 21.5 Å². The summed E-state index contributed by atoms with van der Waals surface area (Å²) in [6, 6.07) is 7.53. The zero-order chi connectivity index (χ0) is 20.5. The predicted octanol–water partition coefficient (Wildman–Crippen LogP) is 4.51. The van der Waals surface area contributed by atoms with Crippen molar-refractivity contribution in [1.82, 2.24) is 14.8 Å². The molecule has 0 bridgehead atoms. The van der Waals surface area contributed by atoms with Crippen LogP contribution in [0.5, 0.6) is 0 Å². The minimum atomic E-state index is -0.950. The number of nitrogens with zero attached hydrogens (tertiary/aromatic N) is 4. The molecule has 1 saturated carbocycles. The molecule has 0 spiro atoms. The quantitative estimate of drug-likeness (QED) is 0.334. The molecule has 150 valence electrons. The summed E-state index contributed by atoms with van der Waals surface area (Å²) in [6.07, 6.45) is 2.09. The Bertz CT molecular complexity index is 1070. The smallest absolute Gasteiger partial charge is 0.306 e. The number of anilines is 1. The molecule has 1 aliphatic rings. The standard InChI is InChI=1S/C18H16FN5O3S2/c1-10(17(25)20-11-4-7-13(19)14(9-11)24(26)27)29-18-22-21-16(15-3-2-8-28-15)23(18)12-5-6-12/h2-4,7-10,12H,5-6H2,1H3,(H,20,25). The first kappa shape index (κ1) is 19.5. The largest absolute Gasteiger partial charge is 0.325 e. The van der Waals surface area contributed by atoms with E-state index in [-0.39, 0.29) is 11.6 Å². The molecule has 11 heteroatoms. The molecule has 3 aromatic rings. The Hall–Kier alpha value is -2.79. The van der Waals surface area contributed by atoms with Crippen molar-refractivity contribution in [3.8, 4) is 10.7 Å². The second kappa shape index (κ2) is 7.91. The topological polar surface area (TPSA) is 103 Å². The van der Waals surface area contributed by atoms with E-state index < -0.39 is 21.7 Å². The van der Waals surface area contributed by atoms with Crippen LogP contribution in [-0.2, 0) is 4.79 Å². The van der Waals surface area contributed by atoms with Gasteiger partial charge in [0.05, 0.1) is 15.1 Å². The fraction of sp³-hybridized carbons (Fsp3) is 0.278. The molecule has 0 aliphatic heterocycles. The summed E-state index contributed by atoms with van der Waals surface area (Å²) in [5, 5.41) is 24.2. The van der Waals surface area contributed by atoms with E-state index in [0.29, 0.717) is 11.2 Å². The predicted molar refractivity (Wildman–Crippen MR) is 109 cm³/mol. The third-order valence-electron chi connectivity index (χ3n) is 4.38. The molecule has 8 nitrogen and oxygen atoms in total. The number of amides is 1. The molecule has 0 saturated heterocycles. The summed E-state index contributed by atoms with van der Waals surface area (Å²) < 4.78 is 15.5. The van der Waals surface area contributed by atoms with Crippen molar-refractivity contribution in [1.29, 1.82) is 0 Å². The number of thiophene rings is 1. The summed E-state index contributed by atoms with van der Waals surface area (Å²) in [5.74, 6) is -0.514. The number of halogens is 1. The van der Waals surface area contributed by atoms with Crippen LogP contribution in [0.2, 0.25) is 0 Å². The Morgan fingerprint density at radius 2 is 2.21 bits per heavy atom. The molecular formula is C18H16FN5O3S2. The number of nitro groups is 1. The van der Waals surface area contributed by atoms with E-state index in [1.807, 2.05) is 17.5 Å². The van der Waals surface area contributed by atoms with E-state index in [0.717, 1.165) is 35.7 Å². The summed E-state index contributed by atoms with van der Waals surface area (Å²) in [7, 11) is 0. The van der Waals surface area contributed by atoms with Gasteiger partial charge in [-0.1, -0.05) is 17.8 Å². The van der Waals surface area contributed by atoms with Gasteiger partial charge in [-0.05, 0) is 43.3 Å². The average Bonchev–Trinajstić information content (AvgIpc) is 3.21. The molecule has 1 amide bonds. The Labute approximate surface area is 173 Å². The lowest BCUT2D eigenvalue weighted by molar-refractivity contribution is -0.387. The van der Waals surface area contributed by atoms with Crippen molar-refractivity contribution < 1.29 is 14.1 Å². The van der Waals surface area contributed by atoms with Crippen molar-refractivity contribution in [3.63, 3.8) is 0 Å². The molecule has 1 N–H and O–H groups in total. The van der Waals surface area contributed by atoms with E-state index in [4.69, 9.17) is 0 Å². The van der Waals surface area contributed by atoms with Crippen LogP contribution < -0.4 is 5.32 Å². The van der Waals surface area contributed by atoms with Gasteiger partial charge in [-0.25, -0.2) is 0 Å². The monoisotopic (exact) mass is 433 g/mol. The number of nitro benzene ring substituents is 1. The Morgan fingerprint density at radius 3 is 2.86 bits per heavy atom. The number of carbonyl (C=O) groups is 1. The van der Waals surface area contributed by atoms with Gasteiger partial charge in [-0.3, -0.25) is 19.5 Å². The van der Waals surface area contributed by atoms with E-state index in [1.54, 1.807) is 18.3 Å². The highest BCUT2D eigenvalue weighted by atomic mass is 32.2.